The Morgan fingerprint density at radius 3 is 2.67 bits per heavy atom. The molecule has 0 unspecified atom stereocenters. The fraction of sp³-hybridized carbons (Fsp3) is 0.333. The number of hydrogen-bond acceptors (Lipinski definition) is 6. The number of amides is 2. The molecule has 2 rings (SSSR count). The molecule has 3 N–H and O–H groups in total. The predicted molar refractivity (Wildman–Crippen MR) is 85.4 cm³/mol. The second-order valence-electron chi connectivity index (χ2n) is 5.37. The highest BCUT2D eigenvalue weighted by molar-refractivity contribution is 5.97. The highest BCUT2D eigenvalue weighted by Gasteiger charge is 2.24. The first-order chi connectivity index (χ1) is 11.4. The van der Waals surface area contributed by atoms with Crippen molar-refractivity contribution < 1.29 is 18.8 Å². The summed E-state index contributed by atoms with van der Waals surface area (Å²) in [6.07, 6.45) is -0.683. The summed E-state index contributed by atoms with van der Waals surface area (Å²) in [6, 6.07) is 5.94. The molecular weight excluding hydrogens is 316 g/mol. The third-order valence-electron chi connectivity index (χ3n) is 3.25. The van der Waals surface area contributed by atoms with E-state index in [1.54, 1.807) is 38.1 Å². The number of methoxy groups -OCH3 is 1. The van der Waals surface area contributed by atoms with E-state index in [0.717, 1.165) is 0 Å². The minimum absolute atomic E-state index is 0.140. The van der Waals surface area contributed by atoms with Gasteiger partial charge in [-0.05, 0) is 18.1 Å². The number of nitrogens with zero attached hydrogens (tertiary/aromatic N) is 1. The van der Waals surface area contributed by atoms with Gasteiger partial charge in [-0.3, -0.25) is 14.3 Å². The maximum absolute atomic E-state index is 12.4. The van der Waals surface area contributed by atoms with Crippen molar-refractivity contribution in [1.82, 2.24) is 15.5 Å². The van der Waals surface area contributed by atoms with Crippen LogP contribution in [0.15, 0.2) is 33.6 Å². The van der Waals surface area contributed by atoms with Crippen molar-refractivity contribution in [2.75, 3.05) is 12.4 Å². The van der Waals surface area contributed by atoms with Crippen LogP contribution in [0.3, 0.4) is 0 Å². The van der Waals surface area contributed by atoms with Crippen molar-refractivity contribution in [3.63, 3.8) is 0 Å². The standard InChI is InChI=1S/C15H18N4O5/c1-8(2)11(17-14(21)23-3)13(20)16-10-6-4-5-9(7-10)12-18-15(22)24-19-12/h4-8,11H,1-3H3,(H,16,20)(H,17,21)(H,18,19,22)/t11-/m0/s1. The number of ether oxygens (including phenoxy) is 1. The SMILES string of the molecule is COC(=O)N[C@H](C(=O)Nc1cccc(-c2noc(=O)[nH]2)c1)C(C)C. The van der Waals surface area contributed by atoms with Gasteiger partial charge in [-0.25, -0.2) is 9.59 Å². The van der Waals surface area contributed by atoms with Crippen molar-refractivity contribution in [3.05, 3.63) is 34.8 Å². The summed E-state index contributed by atoms with van der Waals surface area (Å²) in [6.45, 7) is 3.60. The lowest BCUT2D eigenvalue weighted by Gasteiger charge is -2.21. The van der Waals surface area contributed by atoms with E-state index in [9.17, 15) is 14.4 Å². The Morgan fingerprint density at radius 1 is 1.33 bits per heavy atom. The number of H-pyrrole nitrogens is 1. The molecule has 24 heavy (non-hydrogen) atoms. The zero-order chi connectivity index (χ0) is 17.7. The van der Waals surface area contributed by atoms with E-state index in [1.165, 1.54) is 7.11 Å². The maximum atomic E-state index is 12.4. The number of anilines is 1. The number of hydrogen-bond donors (Lipinski definition) is 3. The van der Waals surface area contributed by atoms with Crippen LogP contribution in [-0.4, -0.2) is 35.3 Å². The molecular formula is C15H18N4O5. The third kappa shape index (κ3) is 4.22. The van der Waals surface area contributed by atoms with Gasteiger partial charge in [-0.15, -0.1) is 0 Å². The van der Waals surface area contributed by atoms with Crippen molar-refractivity contribution in [2.24, 2.45) is 5.92 Å². The molecule has 2 aromatic rings. The molecule has 0 aliphatic heterocycles. The highest BCUT2D eigenvalue weighted by atomic mass is 16.5. The van der Waals surface area contributed by atoms with Crippen molar-refractivity contribution in [2.45, 2.75) is 19.9 Å². The van der Waals surface area contributed by atoms with Crippen molar-refractivity contribution in [1.29, 1.82) is 0 Å². The Morgan fingerprint density at radius 2 is 2.08 bits per heavy atom. The summed E-state index contributed by atoms with van der Waals surface area (Å²) in [4.78, 5) is 37.2. The Labute approximate surface area is 137 Å². The van der Waals surface area contributed by atoms with E-state index < -0.39 is 17.9 Å². The zero-order valence-corrected chi connectivity index (χ0v) is 13.5. The molecule has 1 heterocycles. The second kappa shape index (κ2) is 7.44. The molecule has 0 saturated carbocycles. The molecule has 0 bridgehead atoms. The molecule has 2 amide bonds. The molecule has 0 radical (unpaired) electrons. The molecule has 128 valence electrons. The summed E-state index contributed by atoms with van der Waals surface area (Å²) < 4.78 is 8.98. The quantitative estimate of drug-likeness (QED) is 0.757. The number of benzene rings is 1. The number of aromatic nitrogens is 2. The van der Waals surface area contributed by atoms with Gasteiger partial charge in [0.15, 0.2) is 5.82 Å². The number of carbonyl (C=O) groups is 2. The van der Waals surface area contributed by atoms with E-state index in [4.69, 9.17) is 0 Å². The van der Waals surface area contributed by atoms with Gasteiger partial charge < -0.3 is 15.4 Å². The predicted octanol–water partition coefficient (Wildman–Crippen LogP) is 1.35. The fourth-order valence-electron chi connectivity index (χ4n) is 2.04. The van der Waals surface area contributed by atoms with Crippen LogP contribution in [0.2, 0.25) is 0 Å². The van der Waals surface area contributed by atoms with Gasteiger partial charge in [-0.2, -0.15) is 0 Å². The largest absolute Gasteiger partial charge is 0.453 e. The van der Waals surface area contributed by atoms with Crippen LogP contribution in [-0.2, 0) is 9.53 Å². The first kappa shape index (κ1) is 17.3. The van der Waals surface area contributed by atoms with E-state index >= 15 is 0 Å². The Kier molecular flexibility index (Phi) is 5.35. The summed E-state index contributed by atoms with van der Waals surface area (Å²) >= 11 is 0. The smallest absolute Gasteiger partial charge is 0.439 e. The van der Waals surface area contributed by atoms with Crippen LogP contribution < -0.4 is 16.4 Å². The second-order valence-corrected chi connectivity index (χ2v) is 5.37. The monoisotopic (exact) mass is 334 g/mol. The lowest BCUT2D eigenvalue weighted by molar-refractivity contribution is -0.119. The summed E-state index contributed by atoms with van der Waals surface area (Å²) in [5.74, 6) is -0.939. The van der Waals surface area contributed by atoms with E-state index in [2.05, 4.69) is 30.0 Å². The van der Waals surface area contributed by atoms with Gasteiger partial charge in [0.2, 0.25) is 5.91 Å². The molecule has 0 fully saturated rings. The van der Waals surface area contributed by atoms with Crippen molar-refractivity contribution in [3.8, 4) is 11.4 Å². The molecule has 1 atom stereocenters. The Balaban J connectivity index is 2.15. The molecule has 0 aliphatic rings. The van der Waals surface area contributed by atoms with Crippen LogP contribution in [0.1, 0.15) is 13.8 Å². The maximum Gasteiger partial charge on any atom is 0.439 e. The third-order valence-corrected chi connectivity index (χ3v) is 3.25. The first-order valence-electron chi connectivity index (χ1n) is 7.22. The number of alkyl carbamates (subject to hydrolysis) is 1. The Bertz CT molecular complexity index is 780. The molecule has 0 aliphatic carbocycles. The normalized spacial score (nSPS) is 11.8. The van der Waals surface area contributed by atoms with Crippen LogP contribution in [0, 0.1) is 5.92 Å². The molecule has 9 nitrogen and oxygen atoms in total. The highest BCUT2D eigenvalue weighted by Crippen LogP contribution is 2.19. The number of carbonyl (C=O) groups excluding carboxylic acids is 2. The Hall–Kier alpha value is -3.10. The van der Waals surface area contributed by atoms with E-state index in [0.29, 0.717) is 11.3 Å². The van der Waals surface area contributed by atoms with E-state index in [1.807, 2.05) is 0 Å². The molecule has 1 aromatic carbocycles. The summed E-state index contributed by atoms with van der Waals surface area (Å²) in [7, 11) is 1.23. The first-order valence-corrected chi connectivity index (χ1v) is 7.22. The number of rotatable bonds is 5. The van der Waals surface area contributed by atoms with Gasteiger partial charge in [-0.1, -0.05) is 31.1 Å². The molecule has 0 saturated heterocycles. The molecule has 1 aromatic heterocycles. The topological polar surface area (TPSA) is 126 Å². The van der Waals surface area contributed by atoms with Gasteiger partial charge in [0.1, 0.15) is 6.04 Å². The lowest BCUT2D eigenvalue weighted by atomic mass is 10.0. The number of nitrogens with one attached hydrogen (secondary N) is 3. The minimum atomic E-state index is -0.757. The van der Waals surface area contributed by atoms with Gasteiger partial charge in [0.05, 0.1) is 7.11 Å². The van der Waals surface area contributed by atoms with Gasteiger partial charge in [0.25, 0.3) is 0 Å². The molecule has 9 heteroatoms. The van der Waals surface area contributed by atoms with Crippen LogP contribution in [0.5, 0.6) is 0 Å². The van der Waals surface area contributed by atoms with Crippen LogP contribution in [0.4, 0.5) is 10.5 Å². The van der Waals surface area contributed by atoms with Crippen molar-refractivity contribution >= 4 is 17.7 Å². The van der Waals surface area contributed by atoms with Crippen LogP contribution in [0.25, 0.3) is 11.4 Å². The van der Waals surface area contributed by atoms with Gasteiger partial charge >= 0.3 is 11.8 Å². The minimum Gasteiger partial charge on any atom is -0.453 e. The average molecular weight is 334 g/mol. The zero-order valence-electron chi connectivity index (χ0n) is 13.5. The summed E-state index contributed by atoms with van der Waals surface area (Å²) in [5, 5.41) is 8.79. The average Bonchev–Trinajstić information content (AvgIpc) is 2.98. The van der Waals surface area contributed by atoms with Crippen LogP contribution >= 0.6 is 0 Å². The number of aromatic amines is 1. The van der Waals surface area contributed by atoms with Gasteiger partial charge in [0, 0.05) is 11.3 Å². The fourth-order valence-corrected chi connectivity index (χ4v) is 2.04. The van der Waals surface area contributed by atoms with E-state index in [-0.39, 0.29) is 17.6 Å². The lowest BCUT2D eigenvalue weighted by Crippen LogP contribution is -2.47. The molecule has 0 spiro atoms. The summed E-state index contributed by atoms with van der Waals surface area (Å²) in [5.41, 5.74) is 1.05.